The zero-order valence-electron chi connectivity index (χ0n) is 18.6. The Hall–Kier alpha value is -2.74. The van der Waals surface area contributed by atoms with E-state index < -0.39 is 0 Å². The summed E-state index contributed by atoms with van der Waals surface area (Å²) in [7, 11) is 1.68. The highest BCUT2D eigenvalue weighted by atomic mass is 19.1. The van der Waals surface area contributed by atoms with Gasteiger partial charge in [-0.1, -0.05) is 12.1 Å². The largest absolute Gasteiger partial charge is 0.384 e. The maximum Gasteiger partial charge on any atom is 0.130 e. The van der Waals surface area contributed by atoms with Crippen LogP contribution in [-0.2, 0) is 28.9 Å². The molecule has 0 N–H and O–H groups in total. The van der Waals surface area contributed by atoms with E-state index in [1.54, 1.807) is 7.11 Å². The second kappa shape index (κ2) is 10.7. The lowest BCUT2D eigenvalue weighted by Gasteiger charge is -2.32. The number of aromatic nitrogens is 3. The highest BCUT2D eigenvalue weighted by molar-refractivity contribution is 5.29. The summed E-state index contributed by atoms with van der Waals surface area (Å²) in [6, 6.07) is 10.8. The minimum atomic E-state index is -0.217. The fourth-order valence-corrected chi connectivity index (χ4v) is 3.94. The van der Waals surface area contributed by atoms with Crippen molar-refractivity contribution in [1.82, 2.24) is 19.9 Å². The lowest BCUT2D eigenvalue weighted by molar-refractivity contribution is -0.0351. The third-order valence-corrected chi connectivity index (χ3v) is 5.53. The molecule has 7 heteroatoms. The van der Waals surface area contributed by atoms with E-state index in [1.807, 2.05) is 31.5 Å². The molecule has 32 heavy (non-hydrogen) atoms. The highest BCUT2D eigenvalue weighted by Crippen LogP contribution is 2.24. The molecule has 0 spiro atoms. The average Bonchev–Trinajstić information content (AvgIpc) is 2.80. The van der Waals surface area contributed by atoms with Gasteiger partial charge in [0.05, 0.1) is 18.9 Å². The van der Waals surface area contributed by atoms with E-state index in [-0.39, 0.29) is 11.9 Å². The molecular formula is C25H29FN4O2. The molecule has 4 rings (SSSR count). The van der Waals surface area contributed by atoms with Crippen LogP contribution in [0.25, 0.3) is 0 Å². The Morgan fingerprint density at radius 1 is 1.09 bits per heavy atom. The summed E-state index contributed by atoms with van der Waals surface area (Å²) in [4.78, 5) is 16.0. The lowest BCUT2D eigenvalue weighted by Crippen LogP contribution is -2.38. The molecule has 1 atom stereocenters. The molecule has 1 aromatic carbocycles. The molecule has 1 unspecified atom stereocenters. The van der Waals surface area contributed by atoms with Crippen molar-refractivity contribution in [3.05, 3.63) is 88.5 Å². The number of methoxy groups -OCH3 is 1. The number of halogens is 1. The maximum atomic E-state index is 13.2. The minimum absolute atomic E-state index is 0.0856. The highest BCUT2D eigenvalue weighted by Gasteiger charge is 2.24. The van der Waals surface area contributed by atoms with Gasteiger partial charge in [-0.25, -0.2) is 14.4 Å². The SMILES string of the molecule is COCCc1ncc(CN2CCOC(c3cc(Cc4ccc(F)cc4)cc(C)n3)C2)cn1. The van der Waals surface area contributed by atoms with Crippen molar-refractivity contribution >= 4 is 0 Å². The predicted molar refractivity (Wildman–Crippen MR) is 120 cm³/mol. The molecule has 3 heterocycles. The molecular weight excluding hydrogens is 407 g/mol. The van der Waals surface area contributed by atoms with Crippen LogP contribution in [0.2, 0.25) is 0 Å². The van der Waals surface area contributed by atoms with Crippen LogP contribution in [0.5, 0.6) is 0 Å². The van der Waals surface area contributed by atoms with Crippen molar-refractivity contribution in [2.75, 3.05) is 33.4 Å². The molecule has 1 saturated heterocycles. The number of aryl methyl sites for hydroxylation is 1. The van der Waals surface area contributed by atoms with Gasteiger partial charge in [0.1, 0.15) is 17.7 Å². The lowest BCUT2D eigenvalue weighted by atomic mass is 10.0. The van der Waals surface area contributed by atoms with E-state index in [2.05, 4.69) is 27.0 Å². The van der Waals surface area contributed by atoms with Gasteiger partial charge in [0.25, 0.3) is 0 Å². The molecule has 3 aromatic rings. The first-order valence-corrected chi connectivity index (χ1v) is 10.9. The number of nitrogens with zero attached hydrogens (tertiary/aromatic N) is 4. The average molecular weight is 437 g/mol. The van der Waals surface area contributed by atoms with E-state index in [1.165, 1.54) is 12.1 Å². The summed E-state index contributed by atoms with van der Waals surface area (Å²) in [6.45, 7) is 5.67. The minimum Gasteiger partial charge on any atom is -0.384 e. The van der Waals surface area contributed by atoms with Crippen molar-refractivity contribution in [3.63, 3.8) is 0 Å². The molecule has 0 saturated carbocycles. The van der Waals surface area contributed by atoms with Crippen LogP contribution in [0.1, 0.15) is 40.0 Å². The van der Waals surface area contributed by atoms with Gasteiger partial charge in [0.15, 0.2) is 0 Å². The van der Waals surface area contributed by atoms with Crippen molar-refractivity contribution < 1.29 is 13.9 Å². The molecule has 0 radical (unpaired) electrons. The molecule has 0 amide bonds. The van der Waals surface area contributed by atoms with Crippen molar-refractivity contribution in [2.24, 2.45) is 0 Å². The number of morpholine rings is 1. The van der Waals surface area contributed by atoms with Gasteiger partial charge in [-0.3, -0.25) is 9.88 Å². The van der Waals surface area contributed by atoms with Crippen molar-refractivity contribution in [3.8, 4) is 0 Å². The Labute approximate surface area is 188 Å². The zero-order valence-corrected chi connectivity index (χ0v) is 18.6. The van der Waals surface area contributed by atoms with E-state index in [4.69, 9.17) is 14.5 Å². The molecule has 1 aliphatic heterocycles. The first-order chi connectivity index (χ1) is 15.6. The smallest absolute Gasteiger partial charge is 0.130 e. The fraction of sp³-hybridized carbons (Fsp3) is 0.400. The van der Waals surface area contributed by atoms with Gasteiger partial charge < -0.3 is 9.47 Å². The van der Waals surface area contributed by atoms with E-state index in [9.17, 15) is 4.39 Å². The van der Waals surface area contributed by atoms with Gasteiger partial charge >= 0.3 is 0 Å². The molecule has 6 nitrogen and oxygen atoms in total. The Morgan fingerprint density at radius 2 is 1.88 bits per heavy atom. The number of pyridine rings is 1. The number of hydrogen-bond donors (Lipinski definition) is 0. The van der Waals surface area contributed by atoms with Crippen LogP contribution in [0.3, 0.4) is 0 Å². The van der Waals surface area contributed by atoms with E-state index in [0.29, 0.717) is 13.2 Å². The van der Waals surface area contributed by atoms with Crippen LogP contribution in [0.15, 0.2) is 48.8 Å². The molecule has 1 fully saturated rings. The number of benzene rings is 1. The van der Waals surface area contributed by atoms with Crippen molar-refractivity contribution in [1.29, 1.82) is 0 Å². The van der Waals surface area contributed by atoms with Gasteiger partial charge in [-0.05, 0) is 48.7 Å². The number of ether oxygens (including phenoxy) is 2. The summed E-state index contributed by atoms with van der Waals surface area (Å²) in [5, 5.41) is 0. The predicted octanol–water partition coefficient (Wildman–Crippen LogP) is 3.67. The third kappa shape index (κ3) is 6.16. The summed E-state index contributed by atoms with van der Waals surface area (Å²) >= 11 is 0. The summed E-state index contributed by atoms with van der Waals surface area (Å²) in [6.07, 6.45) is 5.16. The second-order valence-electron chi connectivity index (χ2n) is 8.19. The number of rotatable bonds is 8. The maximum absolute atomic E-state index is 13.2. The Balaban J connectivity index is 1.41. The van der Waals surface area contributed by atoms with Crippen LogP contribution >= 0.6 is 0 Å². The molecule has 0 aliphatic carbocycles. The van der Waals surface area contributed by atoms with Crippen molar-refractivity contribution in [2.45, 2.75) is 32.4 Å². The van der Waals surface area contributed by atoms with Crippen LogP contribution in [0, 0.1) is 12.7 Å². The van der Waals surface area contributed by atoms with Gasteiger partial charge in [0, 0.05) is 56.8 Å². The molecule has 168 valence electrons. The molecule has 1 aliphatic rings. The van der Waals surface area contributed by atoms with Gasteiger partial charge in [-0.2, -0.15) is 0 Å². The van der Waals surface area contributed by atoms with Gasteiger partial charge in [-0.15, -0.1) is 0 Å². The van der Waals surface area contributed by atoms with Crippen LogP contribution < -0.4 is 0 Å². The topological polar surface area (TPSA) is 60.4 Å². The Kier molecular flexibility index (Phi) is 7.52. The monoisotopic (exact) mass is 436 g/mol. The van der Waals surface area contributed by atoms with Crippen LogP contribution in [-0.4, -0.2) is 53.3 Å². The Morgan fingerprint density at radius 3 is 2.62 bits per heavy atom. The number of hydrogen-bond acceptors (Lipinski definition) is 6. The van der Waals surface area contributed by atoms with E-state index in [0.717, 1.165) is 66.4 Å². The summed E-state index contributed by atoms with van der Waals surface area (Å²) in [5.41, 5.74) is 5.21. The zero-order chi connectivity index (χ0) is 22.3. The van der Waals surface area contributed by atoms with Crippen LogP contribution in [0.4, 0.5) is 4.39 Å². The van der Waals surface area contributed by atoms with E-state index >= 15 is 0 Å². The molecule has 2 aromatic heterocycles. The quantitative estimate of drug-likeness (QED) is 0.537. The summed E-state index contributed by atoms with van der Waals surface area (Å²) < 4.78 is 24.4. The Bertz CT molecular complexity index is 1010. The first-order valence-electron chi connectivity index (χ1n) is 10.9. The summed E-state index contributed by atoms with van der Waals surface area (Å²) in [5.74, 6) is 0.583. The van der Waals surface area contributed by atoms with Gasteiger partial charge in [0.2, 0.25) is 0 Å². The second-order valence-corrected chi connectivity index (χ2v) is 8.19. The normalized spacial score (nSPS) is 16.9. The third-order valence-electron chi connectivity index (χ3n) is 5.53. The standard InChI is InChI=1S/C25H29FN4O2/c1-18-11-20(12-19-3-5-22(26)6-4-19)13-23(29-18)24-17-30(8-10-32-24)16-21-14-27-25(28-15-21)7-9-31-2/h3-6,11,13-15,24H,7-10,12,16-17H2,1-2H3. The first kappa shape index (κ1) is 22.5. The fourth-order valence-electron chi connectivity index (χ4n) is 3.94. The molecule has 0 bridgehead atoms.